The summed E-state index contributed by atoms with van der Waals surface area (Å²) in [6.45, 7) is 3.29. The molecule has 2 heterocycles. The van der Waals surface area contributed by atoms with Gasteiger partial charge in [-0.05, 0) is 67.6 Å². The summed E-state index contributed by atoms with van der Waals surface area (Å²) in [5.74, 6) is 0.522. The molecule has 1 aliphatic rings. The van der Waals surface area contributed by atoms with Crippen molar-refractivity contribution in [3.05, 3.63) is 69.1 Å². The highest BCUT2D eigenvalue weighted by molar-refractivity contribution is 6.30. The summed E-state index contributed by atoms with van der Waals surface area (Å²) in [7, 11) is 0. The lowest BCUT2D eigenvalue weighted by Crippen LogP contribution is -2.34. The number of piperidine rings is 1. The second-order valence-electron chi connectivity index (χ2n) is 5.98. The third-order valence-corrected chi connectivity index (χ3v) is 4.74. The molecule has 0 bridgehead atoms. The molecule has 4 heteroatoms. The molecule has 116 valence electrons. The number of nitrogens with one attached hydrogen (secondary N) is 1. The Kier molecular flexibility index (Phi) is 4.96. The standard InChI is InChI=1S/C18H21ClN2O/c19-17-3-1-14(2-4-17)6-10-21-11-7-15(8-12-21)16-5-9-20-18(22)13-16/h1-5,9,13,15H,6-8,10-12H2,(H,20,22). The van der Waals surface area contributed by atoms with Crippen molar-refractivity contribution in [2.75, 3.05) is 19.6 Å². The fourth-order valence-corrected chi connectivity index (χ4v) is 3.27. The van der Waals surface area contributed by atoms with Crippen LogP contribution in [-0.4, -0.2) is 29.5 Å². The molecule has 3 rings (SSSR count). The number of halogens is 1. The van der Waals surface area contributed by atoms with Crippen molar-refractivity contribution in [3.8, 4) is 0 Å². The van der Waals surface area contributed by atoms with Gasteiger partial charge in [-0.2, -0.15) is 0 Å². The molecule has 1 fully saturated rings. The van der Waals surface area contributed by atoms with Gasteiger partial charge in [0.15, 0.2) is 0 Å². The first-order chi connectivity index (χ1) is 10.7. The third-order valence-electron chi connectivity index (χ3n) is 4.49. The minimum Gasteiger partial charge on any atom is -0.329 e. The van der Waals surface area contributed by atoms with Crippen LogP contribution >= 0.6 is 11.6 Å². The van der Waals surface area contributed by atoms with Gasteiger partial charge in [0.2, 0.25) is 5.56 Å². The van der Waals surface area contributed by atoms with Crippen LogP contribution in [0.3, 0.4) is 0 Å². The molecule has 22 heavy (non-hydrogen) atoms. The molecule has 0 radical (unpaired) electrons. The Hall–Kier alpha value is -1.58. The van der Waals surface area contributed by atoms with E-state index >= 15 is 0 Å². The lowest BCUT2D eigenvalue weighted by Gasteiger charge is -2.32. The predicted octanol–water partition coefficient (Wildman–Crippen LogP) is 3.45. The lowest BCUT2D eigenvalue weighted by atomic mass is 9.90. The van der Waals surface area contributed by atoms with Crippen LogP contribution < -0.4 is 5.56 Å². The Morgan fingerprint density at radius 1 is 1.14 bits per heavy atom. The monoisotopic (exact) mass is 316 g/mol. The summed E-state index contributed by atoms with van der Waals surface area (Å²) in [5.41, 5.74) is 2.52. The fourth-order valence-electron chi connectivity index (χ4n) is 3.14. The zero-order valence-electron chi connectivity index (χ0n) is 12.6. The Bertz CT molecular complexity index is 657. The van der Waals surface area contributed by atoms with Gasteiger partial charge < -0.3 is 9.88 Å². The van der Waals surface area contributed by atoms with E-state index in [1.54, 1.807) is 12.3 Å². The zero-order valence-corrected chi connectivity index (χ0v) is 13.4. The van der Waals surface area contributed by atoms with Crippen LogP contribution in [0.1, 0.15) is 29.9 Å². The Balaban J connectivity index is 1.49. The largest absolute Gasteiger partial charge is 0.329 e. The fraction of sp³-hybridized carbons (Fsp3) is 0.389. The van der Waals surface area contributed by atoms with E-state index in [2.05, 4.69) is 22.0 Å². The van der Waals surface area contributed by atoms with Crippen LogP contribution in [0.4, 0.5) is 0 Å². The third kappa shape index (κ3) is 3.99. The highest BCUT2D eigenvalue weighted by Gasteiger charge is 2.20. The molecule has 0 amide bonds. The van der Waals surface area contributed by atoms with Crippen LogP contribution in [0.5, 0.6) is 0 Å². The van der Waals surface area contributed by atoms with Gasteiger partial charge >= 0.3 is 0 Å². The molecule has 0 spiro atoms. The average Bonchev–Trinajstić information content (AvgIpc) is 2.55. The maximum atomic E-state index is 11.4. The van der Waals surface area contributed by atoms with Gasteiger partial charge in [-0.1, -0.05) is 23.7 Å². The number of pyridine rings is 1. The van der Waals surface area contributed by atoms with Gasteiger partial charge in [-0.25, -0.2) is 0 Å². The summed E-state index contributed by atoms with van der Waals surface area (Å²) < 4.78 is 0. The molecular weight excluding hydrogens is 296 g/mol. The minimum atomic E-state index is 0.00247. The number of aromatic amines is 1. The average molecular weight is 317 g/mol. The van der Waals surface area contributed by atoms with E-state index in [0.717, 1.165) is 43.9 Å². The van der Waals surface area contributed by atoms with Crippen molar-refractivity contribution >= 4 is 11.6 Å². The molecule has 2 aromatic rings. The van der Waals surface area contributed by atoms with Crippen LogP contribution in [0.15, 0.2) is 47.4 Å². The number of hydrogen-bond donors (Lipinski definition) is 1. The van der Waals surface area contributed by atoms with Crippen molar-refractivity contribution < 1.29 is 0 Å². The van der Waals surface area contributed by atoms with E-state index in [0.29, 0.717) is 5.92 Å². The van der Waals surface area contributed by atoms with Crippen LogP contribution in [0.25, 0.3) is 0 Å². The summed E-state index contributed by atoms with van der Waals surface area (Å²) in [6, 6.07) is 11.9. The molecule has 1 aliphatic heterocycles. The molecule has 0 atom stereocenters. The summed E-state index contributed by atoms with van der Waals surface area (Å²) in [4.78, 5) is 16.6. The first-order valence-corrected chi connectivity index (χ1v) is 8.24. The molecule has 0 unspecified atom stereocenters. The minimum absolute atomic E-state index is 0.00247. The lowest BCUT2D eigenvalue weighted by molar-refractivity contribution is 0.214. The highest BCUT2D eigenvalue weighted by atomic mass is 35.5. The zero-order chi connectivity index (χ0) is 15.4. The van der Waals surface area contributed by atoms with E-state index in [-0.39, 0.29) is 5.56 Å². The normalized spacial score (nSPS) is 16.8. The van der Waals surface area contributed by atoms with E-state index < -0.39 is 0 Å². The first-order valence-electron chi connectivity index (χ1n) is 7.86. The maximum absolute atomic E-state index is 11.4. The summed E-state index contributed by atoms with van der Waals surface area (Å²) in [6.07, 6.45) is 5.07. The van der Waals surface area contributed by atoms with Crippen LogP contribution in [0.2, 0.25) is 5.02 Å². The molecule has 1 N–H and O–H groups in total. The van der Waals surface area contributed by atoms with E-state index in [1.807, 2.05) is 18.2 Å². The van der Waals surface area contributed by atoms with E-state index in [1.165, 1.54) is 11.1 Å². The van der Waals surface area contributed by atoms with Gasteiger partial charge in [-0.3, -0.25) is 4.79 Å². The predicted molar refractivity (Wildman–Crippen MR) is 90.6 cm³/mol. The van der Waals surface area contributed by atoms with Crippen molar-refractivity contribution in [1.82, 2.24) is 9.88 Å². The van der Waals surface area contributed by atoms with Gasteiger partial charge in [0.1, 0.15) is 0 Å². The van der Waals surface area contributed by atoms with Crippen LogP contribution in [0, 0.1) is 0 Å². The maximum Gasteiger partial charge on any atom is 0.248 e. The van der Waals surface area contributed by atoms with Crippen molar-refractivity contribution in [3.63, 3.8) is 0 Å². The highest BCUT2D eigenvalue weighted by Crippen LogP contribution is 2.27. The van der Waals surface area contributed by atoms with Gasteiger partial charge in [0.05, 0.1) is 0 Å². The number of nitrogens with zero attached hydrogens (tertiary/aromatic N) is 1. The van der Waals surface area contributed by atoms with Gasteiger partial charge in [-0.15, -0.1) is 0 Å². The number of rotatable bonds is 4. The Morgan fingerprint density at radius 2 is 1.86 bits per heavy atom. The quantitative estimate of drug-likeness (QED) is 0.938. The van der Waals surface area contributed by atoms with Gasteiger partial charge in [0.25, 0.3) is 0 Å². The second-order valence-corrected chi connectivity index (χ2v) is 6.42. The van der Waals surface area contributed by atoms with Crippen molar-refractivity contribution in [1.29, 1.82) is 0 Å². The first kappa shape index (κ1) is 15.3. The van der Waals surface area contributed by atoms with Crippen molar-refractivity contribution in [2.45, 2.75) is 25.2 Å². The second kappa shape index (κ2) is 7.12. The smallest absolute Gasteiger partial charge is 0.248 e. The number of H-pyrrole nitrogens is 1. The molecule has 1 saturated heterocycles. The number of benzene rings is 1. The van der Waals surface area contributed by atoms with Gasteiger partial charge in [0, 0.05) is 23.8 Å². The number of likely N-dealkylation sites (tertiary alicyclic amines) is 1. The molecule has 1 aromatic heterocycles. The summed E-state index contributed by atoms with van der Waals surface area (Å²) >= 11 is 5.91. The molecular formula is C18H21ClN2O. The van der Waals surface area contributed by atoms with E-state index in [4.69, 9.17) is 11.6 Å². The summed E-state index contributed by atoms with van der Waals surface area (Å²) in [5, 5.41) is 0.794. The van der Waals surface area contributed by atoms with Crippen LogP contribution in [-0.2, 0) is 6.42 Å². The number of hydrogen-bond acceptors (Lipinski definition) is 2. The Labute approximate surface area is 135 Å². The van der Waals surface area contributed by atoms with E-state index in [9.17, 15) is 4.79 Å². The number of aromatic nitrogens is 1. The Morgan fingerprint density at radius 3 is 2.55 bits per heavy atom. The topological polar surface area (TPSA) is 36.1 Å². The molecule has 1 aromatic carbocycles. The molecule has 3 nitrogen and oxygen atoms in total. The SMILES string of the molecule is O=c1cc(C2CCN(CCc3ccc(Cl)cc3)CC2)cc[nH]1. The van der Waals surface area contributed by atoms with Crippen molar-refractivity contribution in [2.24, 2.45) is 0 Å². The molecule has 0 aliphatic carbocycles. The molecule has 0 saturated carbocycles.